The van der Waals surface area contributed by atoms with Crippen LogP contribution in [0.2, 0.25) is 0 Å². The van der Waals surface area contributed by atoms with Gasteiger partial charge in [-0.25, -0.2) is 0 Å². The molecule has 3 nitrogen and oxygen atoms in total. The molecule has 0 atom stereocenters. The number of rotatable bonds is 5. The molecule has 1 N–H and O–H groups in total. The van der Waals surface area contributed by atoms with E-state index in [9.17, 15) is 4.79 Å². The fraction of sp³-hybridized carbons (Fsp3) is 0.533. The van der Waals surface area contributed by atoms with E-state index in [2.05, 4.69) is 33.4 Å². The topological polar surface area (TPSA) is 38.3 Å². The normalized spacial score (nSPS) is 16.3. The lowest BCUT2D eigenvalue weighted by Crippen LogP contribution is -2.28. The van der Waals surface area contributed by atoms with Crippen molar-refractivity contribution >= 4 is 21.7 Å². The zero-order valence-corrected chi connectivity index (χ0v) is 12.8. The third-order valence-electron chi connectivity index (χ3n) is 3.41. The summed E-state index contributed by atoms with van der Waals surface area (Å²) in [5, 5.41) is 3.38. The van der Waals surface area contributed by atoms with Gasteiger partial charge in [0.15, 0.2) is 5.78 Å². The Kier molecular flexibility index (Phi) is 5.40. The van der Waals surface area contributed by atoms with Gasteiger partial charge >= 0.3 is 0 Å². The van der Waals surface area contributed by atoms with Crippen LogP contribution in [0.4, 0.5) is 0 Å². The van der Waals surface area contributed by atoms with Crippen LogP contribution in [0.1, 0.15) is 25.3 Å². The summed E-state index contributed by atoms with van der Waals surface area (Å²) in [7, 11) is 0. The Hall–Kier alpha value is -0.870. The lowest BCUT2D eigenvalue weighted by atomic mass is 9.91. The number of carbonyl (C=O) groups is 1. The van der Waals surface area contributed by atoms with E-state index in [0.29, 0.717) is 0 Å². The number of nitrogens with one attached hydrogen (secondary N) is 1. The third kappa shape index (κ3) is 4.62. The van der Waals surface area contributed by atoms with Gasteiger partial charge in [0.2, 0.25) is 0 Å². The van der Waals surface area contributed by atoms with Crippen molar-refractivity contribution in [3.63, 3.8) is 0 Å². The third-order valence-corrected chi connectivity index (χ3v) is 4.06. The second-order valence-electron chi connectivity index (χ2n) is 5.15. The highest BCUT2D eigenvalue weighted by Gasteiger charge is 2.14. The molecule has 1 heterocycles. The number of ketones is 1. The molecule has 2 rings (SSSR count). The standard InChI is InChI=1S/C15H20BrNO2/c1-11(18)10-19-15-9-13(2-3-14(15)16)8-12-4-6-17-7-5-12/h2-3,9,12,17H,4-8,10H2,1H3. The Bertz CT molecular complexity index is 442. The number of Topliss-reactive ketones (excluding diaryl/α,β-unsaturated/α-hetero) is 1. The number of ether oxygens (including phenoxy) is 1. The summed E-state index contributed by atoms with van der Waals surface area (Å²) < 4.78 is 6.42. The molecule has 0 spiro atoms. The van der Waals surface area contributed by atoms with E-state index in [1.807, 2.05) is 6.07 Å². The summed E-state index contributed by atoms with van der Waals surface area (Å²) in [5.74, 6) is 1.56. The molecular formula is C15H20BrNO2. The van der Waals surface area contributed by atoms with E-state index in [4.69, 9.17) is 4.74 Å². The molecule has 1 aromatic carbocycles. The van der Waals surface area contributed by atoms with E-state index < -0.39 is 0 Å². The van der Waals surface area contributed by atoms with E-state index in [0.717, 1.165) is 35.7 Å². The van der Waals surface area contributed by atoms with Crippen molar-refractivity contribution in [3.05, 3.63) is 28.2 Å². The number of benzene rings is 1. The van der Waals surface area contributed by atoms with Gasteiger partial charge in [0, 0.05) is 0 Å². The van der Waals surface area contributed by atoms with Gasteiger partial charge in [0.25, 0.3) is 0 Å². The molecule has 0 bridgehead atoms. The smallest absolute Gasteiger partial charge is 0.167 e. The van der Waals surface area contributed by atoms with Crippen molar-refractivity contribution < 1.29 is 9.53 Å². The highest BCUT2D eigenvalue weighted by atomic mass is 79.9. The molecule has 0 aliphatic carbocycles. The fourth-order valence-electron chi connectivity index (χ4n) is 2.38. The summed E-state index contributed by atoms with van der Waals surface area (Å²) in [5.41, 5.74) is 1.29. The van der Waals surface area contributed by atoms with Crippen LogP contribution >= 0.6 is 15.9 Å². The SMILES string of the molecule is CC(=O)COc1cc(CC2CCNCC2)ccc1Br. The van der Waals surface area contributed by atoms with E-state index >= 15 is 0 Å². The average Bonchev–Trinajstić information content (AvgIpc) is 2.40. The van der Waals surface area contributed by atoms with Gasteiger partial charge in [-0.15, -0.1) is 0 Å². The van der Waals surface area contributed by atoms with Crippen LogP contribution in [-0.2, 0) is 11.2 Å². The summed E-state index contributed by atoms with van der Waals surface area (Å²) in [6.07, 6.45) is 3.56. The first-order valence-corrected chi connectivity index (χ1v) is 7.56. The molecule has 1 aliphatic rings. The zero-order valence-electron chi connectivity index (χ0n) is 11.2. The lowest BCUT2D eigenvalue weighted by molar-refractivity contribution is -0.118. The molecule has 19 heavy (non-hydrogen) atoms. The number of piperidine rings is 1. The first-order valence-electron chi connectivity index (χ1n) is 6.76. The molecule has 0 aromatic heterocycles. The molecule has 1 fully saturated rings. The van der Waals surface area contributed by atoms with Crippen molar-refractivity contribution in [2.24, 2.45) is 5.92 Å². The number of halogens is 1. The van der Waals surface area contributed by atoms with Gasteiger partial charge in [-0.1, -0.05) is 6.07 Å². The van der Waals surface area contributed by atoms with Crippen molar-refractivity contribution in [1.29, 1.82) is 0 Å². The molecule has 1 aliphatic heterocycles. The predicted octanol–water partition coefficient (Wildman–Crippen LogP) is 2.96. The Morgan fingerprint density at radius 2 is 2.16 bits per heavy atom. The Labute approximate surface area is 122 Å². The molecule has 4 heteroatoms. The maximum Gasteiger partial charge on any atom is 0.167 e. The maximum absolute atomic E-state index is 11.0. The number of carbonyl (C=O) groups excluding carboxylic acids is 1. The van der Waals surface area contributed by atoms with Gasteiger partial charge < -0.3 is 10.1 Å². The van der Waals surface area contributed by atoms with Gasteiger partial charge in [-0.3, -0.25) is 4.79 Å². The quantitative estimate of drug-likeness (QED) is 0.904. The van der Waals surface area contributed by atoms with Crippen LogP contribution in [0.5, 0.6) is 5.75 Å². The van der Waals surface area contributed by atoms with Crippen molar-refractivity contribution in [2.75, 3.05) is 19.7 Å². The largest absolute Gasteiger partial charge is 0.485 e. The first-order chi connectivity index (χ1) is 9.15. The maximum atomic E-state index is 11.0. The molecule has 1 aromatic rings. The number of hydrogen-bond donors (Lipinski definition) is 1. The second-order valence-corrected chi connectivity index (χ2v) is 6.01. The van der Waals surface area contributed by atoms with Crippen LogP contribution in [0.15, 0.2) is 22.7 Å². The fourth-order valence-corrected chi connectivity index (χ4v) is 2.74. The first kappa shape index (κ1) is 14.5. The molecule has 0 radical (unpaired) electrons. The van der Waals surface area contributed by atoms with Crippen LogP contribution in [-0.4, -0.2) is 25.5 Å². The summed E-state index contributed by atoms with van der Waals surface area (Å²) in [4.78, 5) is 11.0. The Morgan fingerprint density at radius 1 is 1.42 bits per heavy atom. The molecule has 1 saturated heterocycles. The van der Waals surface area contributed by atoms with Crippen LogP contribution in [0.25, 0.3) is 0 Å². The minimum absolute atomic E-state index is 0.0376. The molecule has 0 unspecified atom stereocenters. The number of hydrogen-bond acceptors (Lipinski definition) is 3. The predicted molar refractivity (Wildman–Crippen MR) is 79.6 cm³/mol. The average molecular weight is 326 g/mol. The van der Waals surface area contributed by atoms with E-state index in [1.54, 1.807) is 0 Å². The minimum Gasteiger partial charge on any atom is -0.485 e. The van der Waals surface area contributed by atoms with Gasteiger partial charge in [0.1, 0.15) is 12.4 Å². The zero-order chi connectivity index (χ0) is 13.7. The summed E-state index contributed by atoms with van der Waals surface area (Å²) in [6, 6.07) is 6.19. The monoisotopic (exact) mass is 325 g/mol. The lowest BCUT2D eigenvalue weighted by Gasteiger charge is -2.22. The van der Waals surface area contributed by atoms with Gasteiger partial charge in [-0.05, 0) is 78.8 Å². The van der Waals surface area contributed by atoms with E-state index in [-0.39, 0.29) is 12.4 Å². The van der Waals surface area contributed by atoms with E-state index in [1.165, 1.54) is 25.3 Å². The second kappa shape index (κ2) is 7.06. The van der Waals surface area contributed by atoms with Gasteiger partial charge in [-0.2, -0.15) is 0 Å². The molecule has 104 valence electrons. The Balaban J connectivity index is 2.00. The molecule has 0 saturated carbocycles. The van der Waals surface area contributed by atoms with Crippen LogP contribution in [0, 0.1) is 5.92 Å². The molecule has 0 amide bonds. The highest BCUT2D eigenvalue weighted by molar-refractivity contribution is 9.10. The summed E-state index contributed by atoms with van der Waals surface area (Å²) in [6.45, 7) is 3.91. The Morgan fingerprint density at radius 3 is 2.84 bits per heavy atom. The van der Waals surface area contributed by atoms with Crippen molar-refractivity contribution in [1.82, 2.24) is 5.32 Å². The minimum atomic E-state index is 0.0376. The van der Waals surface area contributed by atoms with Crippen LogP contribution in [0.3, 0.4) is 0 Å². The molecular weight excluding hydrogens is 306 g/mol. The van der Waals surface area contributed by atoms with Gasteiger partial charge in [0.05, 0.1) is 4.47 Å². The highest BCUT2D eigenvalue weighted by Crippen LogP contribution is 2.28. The van der Waals surface area contributed by atoms with Crippen molar-refractivity contribution in [2.45, 2.75) is 26.2 Å². The van der Waals surface area contributed by atoms with Crippen molar-refractivity contribution in [3.8, 4) is 5.75 Å². The summed E-state index contributed by atoms with van der Waals surface area (Å²) >= 11 is 3.46. The van der Waals surface area contributed by atoms with Crippen LogP contribution < -0.4 is 10.1 Å².